The van der Waals surface area contributed by atoms with Crippen molar-refractivity contribution in [2.75, 3.05) is 0 Å². The van der Waals surface area contributed by atoms with Crippen LogP contribution in [0.1, 0.15) is 30.8 Å². The second-order valence-electron chi connectivity index (χ2n) is 5.51. The van der Waals surface area contributed by atoms with Crippen LogP contribution in [0.25, 0.3) is 0 Å². The number of hydrogen-bond donors (Lipinski definition) is 1. The lowest BCUT2D eigenvalue weighted by molar-refractivity contribution is -0.156. The summed E-state index contributed by atoms with van der Waals surface area (Å²) in [6, 6.07) is 5.78. The summed E-state index contributed by atoms with van der Waals surface area (Å²) < 4.78 is 1.64. The van der Waals surface area contributed by atoms with E-state index in [9.17, 15) is 9.90 Å². The van der Waals surface area contributed by atoms with Crippen LogP contribution in [0, 0.1) is 5.41 Å². The number of tetrazole rings is 1. The highest BCUT2D eigenvalue weighted by Gasteiger charge is 2.45. The first-order valence-corrected chi connectivity index (χ1v) is 7.08. The monoisotopic (exact) mass is 287 g/mol. The van der Waals surface area contributed by atoms with Gasteiger partial charge in [-0.1, -0.05) is 12.5 Å². The fourth-order valence-electron chi connectivity index (χ4n) is 2.64. The number of nitrogens with zero attached hydrogens (tertiary/aromatic N) is 5. The van der Waals surface area contributed by atoms with Crippen LogP contribution in [-0.4, -0.2) is 36.3 Å². The Balaban J connectivity index is 1.68. The molecule has 0 aliphatic heterocycles. The van der Waals surface area contributed by atoms with Gasteiger partial charge in [-0.2, -0.15) is 0 Å². The Hall–Kier alpha value is -2.31. The second kappa shape index (κ2) is 5.59. The SMILES string of the molecule is O=C(O)C1(Cn2nnnc2CCc2ccccn2)CCC1. The van der Waals surface area contributed by atoms with Crippen molar-refractivity contribution in [3.05, 3.63) is 35.9 Å². The highest BCUT2D eigenvalue weighted by atomic mass is 16.4. The molecule has 0 saturated heterocycles. The fourth-order valence-corrected chi connectivity index (χ4v) is 2.64. The zero-order valence-electron chi connectivity index (χ0n) is 11.6. The topological polar surface area (TPSA) is 93.8 Å². The molecule has 0 spiro atoms. The van der Waals surface area contributed by atoms with Gasteiger partial charge in [0.25, 0.3) is 0 Å². The van der Waals surface area contributed by atoms with E-state index in [1.54, 1.807) is 10.9 Å². The number of carboxylic acids is 1. The van der Waals surface area contributed by atoms with Crippen LogP contribution in [0.2, 0.25) is 0 Å². The zero-order valence-corrected chi connectivity index (χ0v) is 11.6. The number of rotatable bonds is 6. The van der Waals surface area contributed by atoms with E-state index in [2.05, 4.69) is 20.5 Å². The predicted molar refractivity (Wildman–Crippen MR) is 73.4 cm³/mol. The first kappa shape index (κ1) is 13.7. The number of pyridine rings is 1. The van der Waals surface area contributed by atoms with Crippen LogP contribution >= 0.6 is 0 Å². The van der Waals surface area contributed by atoms with Gasteiger partial charge in [0.05, 0.1) is 12.0 Å². The largest absolute Gasteiger partial charge is 0.481 e. The minimum Gasteiger partial charge on any atom is -0.481 e. The minimum atomic E-state index is -0.750. The third kappa shape index (κ3) is 2.76. The summed E-state index contributed by atoms with van der Waals surface area (Å²) in [5.41, 5.74) is 0.290. The molecule has 2 heterocycles. The summed E-state index contributed by atoms with van der Waals surface area (Å²) in [6.07, 6.45) is 5.49. The molecule has 2 aromatic rings. The molecule has 21 heavy (non-hydrogen) atoms. The Morgan fingerprint density at radius 3 is 2.81 bits per heavy atom. The number of aliphatic carboxylic acids is 1. The molecular formula is C14H17N5O2. The van der Waals surface area contributed by atoms with E-state index in [-0.39, 0.29) is 0 Å². The highest BCUT2D eigenvalue weighted by molar-refractivity contribution is 5.75. The third-order valence-electron chi connectivity index (χ3n) is 4.15. The molecule has 0 radical (unpaired) electrons. The third-order valence-corrected chi connectivity index (χ3v) is 4.15. The Labute approximate surface area is 122 Å². The predicted octanol–water partition coefficient (Wildman–Crippen LogP) is 1.11. The maximum Gasteiger partial charge on any atom is 0.311 e. The van der Waals surface area contributed by atoms with Gasteiger partial charge < -0.3 is 5.11 Å². The van der Waals surface area contributed by atoms with Gasteiger partial charge >= 0.3 is 5.97 Å². The van der Waals surface area contributed by atoms with Crippen LogP contribution < -0.4 is 0 Å². The van der Waals surface area contributed by atoms with Crippen molar-refractivity contribution in [1.82, 2.24) is 25.2 Å². The molecule has 7 nitrogen and oxygen atoms in total. The normalized spacial score (nSPS) is 16.4. The van der Waals surface area contributed by atoms with Gasteiger partial charge in [0.2, 0.25) is 0 Å². The van der Waals surface area contributed by atoms with Crippen molar-refractivity contribution in [2.24, 2.45) is 5.41 Å². The van der Waals surface area contributed by atoms with Crippen LogP contribution in [-0.2, 0) is 24.2 Å². The molecule has 0 amide bonds. The second-order valence-corrected chi connectivity index (χ2v) is 5.51. The molecule has 1 N–H and O–H groups in total. The van der Waals surface area contributed by atoms with E-state index < -0.39 is 11.4 Å². The number of carbonyl (C=O) groups is 1. The molecule has 110 valence electrons. The molecule has 0 unspecified atom stereocenters. The van der Waals surface area contributed by atoms with Gasteiger partial charge in [-0.05, 0) is 41.8 Å². The number of aryl methyl sites for hydroxylation is 2. The Morgan fingerprint density at radius 2 is 2.19 bits per heavy atom. The van der Waals surface area contributed by atoms with Crippen LogP contribution in [0.5, 0.6) is 0 Å². The molecule has 3 rings (SSSR count). The Kier molecular flexibility index (Phi) is 3.64. The van der Waals surface area contributed by atoms with E-state index in [0.29, 0.717) is 31.6 Å². The van der Waals surface area contributed by atoms with Gasteiger partial charge in [-0.3, -0.25) is 9.78 Å². The van der Waals surface area contributed by atoms with Crippen molar-refractivity contribution in [2.45, 2.75) is 38.6 Å². The smallest absolute Gasteiger partial charge is 0.311 e. The minimum absolute atomic E-state index is 0.354. The van der Waals surface area contributed by atoms with Crippen LogP contribution in [0.3, 0.4) is 0 Å². The molecule has 1 saturated carbocycles. The lowest BCUT2D eigenvalue weighted by Gasteiger charge is -2.37. The van der Waals surface area contributed by atoms with Gasteiger partial charge in [-0.15, -0.1) is 5.10 Å². The lowest BCUT2D eigenvalue weighted by Crippen LogP contribution is -2.42. The molecule has 0 bridgehead atoms. The maximum absolute atomic E-state index is 11.4. The summed E-state index contributed by atoms with van der Waals surface area (Å²) in [4.78, 5) is 15.7. The van der Waals surface area contributed by atoms with Crippen molar-refractivity contribution < 1.29 is 9.90 Å². The van der Waals surface area contributed by atoms with Gasteiger partial charge in [0.1, 0.15) is 0 Å². The summed E-state index contributed by atoms with van der Waals surface area (Å²) in [5.74, 6) is -0.0342. The summed E-state index contributed by atoms with van der Waals surface area (Å²) in [5, 5.41) is 21.0. The van der Waals surface area contributed by atoms with Crippen molar-refractivity contribution in [3.63, 3.8) is 0 Å². The Bertz CT molecular complexity index is 621. The molecule has 1 aliphatic carbocycles. The highest BCUT2D eigenvalue weighted by Crippen LogP contribution is 2.42. The number of aromatic nitrogens is 5. The first-order chi connectivity index (χ1) is 10.2. The molecule has 0 atom stereocenters. The van der Waals surface area contributed by atoms with Crippen LogP contribution in [0.15, 0.2) is 24.4 Å². The molecular weight excluding hydrogens is 270 g/mol. The summed E-state index contributed by atoms with van der Waals surface area (Å²) in [7, 11) is 0. The molecule has 1 fully saturated rings. The van der Waals surface area contributed by atoms with Gasteiger partial charge in [0.15, 0.2) is 5.82 Å². The molecule has 1 aliphatic rings. The summed E-state index contributed by atoms with van der Waals surface area (Å²) >= 11 is 0. The van der Waals surface area contributed by atoms with Gasteiger partial charge in [-0.25, -0.2) is 4.68 Å². The van der Waals surface area contributed by atoms with Crippen molar-refractivity contribution in [1.29, 1.82) is 0 Å². The van der Waals surface area contributed by atoms with Crippen LogP contribution in [0.4, 0.5) is 0 Å². The number of carboxylic acid groups (broad SMARTS) is 1. The average Bonchev–Trinajstić information content (AvgIpc) is 2.88. The molecule has 2 aromatic heterocycles. The lowest BCUT2D eigenvalue weighted by atomic mass is 9.69. The maximum atomic E-state index is 11.4. The average molecular weight is 287 g/mol. The fraction of sp³-hybridized carbons (Fsp3) is 0.500. The molecule has 7 heteroatoms. The van der Waals surface area contributed by atoms with E-state index >= 15 is 0 Å². The van der Waals surface area contributed by atoms with E-state index in [4.69, 9.17) is 0 Å². The van der Waals surface area contributed by atoms with Gasteiger partial charge in [0, 0.05) is 18.3 Å². The number of hydrogen-bond acceptors (Lipinski definition) is 5. The first-order valence-electron chi connectivity index (χ1n) is 7.08. The summed E-state index contributed by atoms with van der Waals surface area (Å²) in [6.45, 7) is 0.354. The van der Waals surface area contributed by atoms with E-state index in [0.717, 1.165) is 18.5 Å². The molecule has 0 aromatic carbocycles. The van der Waals surface area contributed by atoms with Crippen molar-refractivity contribution in [3.8, 4) is 0 Å². The van der Waals surface area contributed by atoms with E-state index in [1.165, 1.54) is 0 Å². The van der Waals surface area contributed by atoms with E-state index in [1.807, 2.05) is 18.2 Å². The quantitative estimate of drug-likeness (QED) is 0.855. The zero-order chi connectivity index (χ0) is 14.7. The Morgan fingerprint density at radius 1 is 1.33 bits per heavy atom. The standard InChI is InChI=1S/C14H17N5O2/c20-13(21)14(7-3-8-14)10-19-12(16-17-18-19)6-5-11-4-1-2-9-15-11/h1-2,4,9H,3,5-8,10H2,(H,20,21). The van der Waals surface area contributed by atoms with Crippen molar-refractivity contribution >= 4 is 5.97 Å².